The van der Waals surface area contributed by atoms with Crippen LogP contribution < -0.4 is 9.64 Å². The number of alkyl halides is 9. The SMILES string of the molecule is N#Cc1ccc(N(Cc2nc(-c3ccc(OC(F)(F)F)cc3)no2)CC(F)(F)F)cc1C(F)(F)F. The quantitative estimate of drug-likeness (QED) is 0.374. The minimum atomic E-state index is -5.00. The molecule has 1 aromatic heterocycles. The van der Waals surface area contributed by atoms with Gasteiger partial charge in [-0.25, -0.2) is 0 Å². The molecule has 0 unspecified atom stereocenters. The average molecular weight is 510 g/mol. The van der Waals surface area contributed by atoms with E-state index in [1.165, 1.54) is 6.07 Å². The highest BCUT2D eigenvalue weighted by Gasteiger charge is 2.36. The van der Waals surface area contributed by atoms with Crippen molar-refractivity contribution in [2.75, 3.05) is 11.4 Å². The molecule has 1 heterocycles. The third kappa shape index (κ3) is 7.01. The fourth-order valence-corrected chi connectivity index (χ4v) is 2.92. The molecule has 6 nitrogen and oxygen atoms in total. The van der Waals surface area contributed by atoms with E-state index >= 15 is 0 Å². The molecule has 15 heteroatoms. The van der Waals surface area contributed by atoms with Crippen molar-refractivity contribution < 1.29 is 48.8 Å². The lowest BCUT2D eigenvalue weighted by Crippen LogP contribution is -2.34. The van der Waals surface area contributed by atoms with Crippen LogP contribution in [0.4, 0.5) is 45.2 Å². The summed E-state index contributed by atoms with van der Waals surface area (Å²) in [4.78, 5) is 4.35. The predicted octanol–water partition coefficient (Wildman–Crippen LogP) is 6.09. The van der Waals surface area contributed by atoms with Gasteiger partial charge in [0.05, 0.1) is 23.7 Å². The number of aromatic nitrogens is 2. The van der Waals surface area contributed by atoms with Crippen molar-refractivity contribution in [3.8, 4) is 23.2 Å². The summed E-state index contributed by atoms with van der Waals surface area (Å²) in [6.07, 6.45) is -14.7. The molecule has 0 aliphatic carbocycles. The van der Waals surface area contributed by atoms with E-state index in [0.717, 1.165) is 36.4 Å². The number of ether oxygens (including phenoxy) is 1. The third-order valence-corrected chi connectivity index (χ3v) is 4.30. The van der Waals surface area contributed by atoms with Crippen LogP contribution in [0.25, 0.3) is 11.4 Å². The van der Waals surface area contributed by atoms with E-state index in [1.54, 1.807) is 0 Å². The average Bonchev–Trinajstić information content (AvgIpc) is 3.19. The van der Waals surface area contributed by atoms with Crippen molar-refractivity contribution in [3.05, 3.63) is 59.5 Å². The molecule has 0 aliphatic rings. The van der Waals surface area contributed by atoms with Gasteiger partial charge in [0.15, 0.2) is 0 Å². The number of anilines is 1. The summed E-state index contributed by atoms with van der Waals surface area (Å²) in [6.45, 7) is -2.44. The van der Waals surface area contributed by atoms with Gasteiger partial charge in [-0.05, 0) is 42.5 Å². The maximum Gasteiger partial charge on any atom is 0.573 e. The van der Waals surface area contributed by atoms with Crippen molar-refractivity contribution >= 4 is 5.69 Å². The first-order valence-corrected chi connectivity index (χ1v) is 9.26. The summed E-state index contributed by atoms with van der Waals surface area (Å²) in [6, 6.07) is 7.56. The fraction of sp³-hybridized carbons (Fsp3) is 0.250. The van der Waals surface area contributed by atoms with E-state index in [-0.39, 0.29) is 11.4 Å². The van der Waals surface area contributed by atoms with Crippen LogP contribution in [0.5, 0.6) is 5.75 Å². The molecule has 0 spiro atoms. The van der Waals surface area contributed by atoms with Gasteiger partial charge in [0, 0.05) is 11.3 Å². The number of rotatable bonds is 6. The Labute approximate surface area is 190 Å². The fourth-order valence-electron chi connectivity index (χ4n) is 2.92. The zero-order valence-electron chi connectivity index (χ0n) is 17.0. The molecule has 0 amide bonds. The summed E-state index contributed by atoms with van der Waals surface area (Å²) in [5, 5.41) is 12.4. The zero-order valence-corrected chi connectivity index (χ0v) is 17.0. The Morgan fingerprint density at radius 3 is 2.14 bits per heavy atom. The Morgan fingerprint density at radius 1 is 0.943 bits per heavy atom. The Hall–Kier alpha value is -3.96. The molecule has 0 aliphatic heterocycles. The van der Waals surface area contributed by atoms with Crippen molar-refractivity contribution in [2.45, 2.75) is 25.3 Å². The van der Waals surface area contributed by atoms with Crippen LogP contribution in [0.3, 0.4) is 0 Å². The van der Waals surface area contributed by atoms with Gasteiger partial charge in [-0.15, -0.1) is 13.2 Å². The highest BCUT2D eigenvalue weighted by molar-refractivity contribution is 5.57. The Balaban J connectivity index is 1.88. The Bertz CT molecular complexity index is 1210. The molecular formula is C20H11F9N4O2. The number of halogens is 9. The van der Waals surface area contributed by atoms with Gasteiger partial charge < -0.3 is 14.2 Å². The van der Waals surface area contributed by atoms with E-state index in [1.807, 2.05) is 0 Å². The van der Waals surface area contributed by atoms with Crippen LogP contribution in [0.15, 0.2) is 47.0 Å². The van der Waals surface area contributed by atoms with Crippen molar-refractivity contribution in [1.82, 2.24) is 10.1 Å². The molecule has 0 saturated heterocycles. The summed E-state index contributed by atoms with van der Waals surface area (Å²) in [7, 11) is 0. The predicted molar refractivity (Wildman–Crippen MR) is 99.7 cm³/mol. The number of nitrogens with zero attached hydrogens (tertiary/aromatic N) is 4. The molecule has 3 rings (SSSR count). The van der Waals surface area contributed by atoms with E-state index in [9.17, 15) is 39.5 Å². The smallest absolute Gasteiger partial charge is 0.406 e. The Kier molecular flexibility index (Phi) is 6.86. The largest absolute Gasteiger partial charge is 0.573 e. The number of nitriles is 1. The summed E-state index contributed by atoms with van der Waals surface area (Å²) >= 11 is 0. The first-order chi connectivity index (χ1) is 16.1. The van der Waals surface area contributed by atoms with Gasteiger partial charge in [0.25, 0.3) is 0 Å². The van der Waals surface area contributed by atoms with E-state index < -0.39 is 60.3 Å². The molecule has 0 fully saturated rings. The normalized spacial score (nSPS) is 12.3. The molecule has 0 radical (unpaired) electrons. The van der Waals surface area contributed by atoms with E-state index in [4.69, 9.17) is 9.78 Å². The molecule has 35 heavy (non-hydrogen) atoms. The summed E-state index contributed by atoms with van der Waals surface area (Å²) in [5.74, 6) is -1.15. The number of hydrogen-bond acceptors (Lipinski definition) is 6. The van der Waals surface area contributed by atoms with Gasteiger partial charge >= 0.3 is 18.7 Å². The second-order valence-electron chi connectivity index (χ2n) is 6.89. The van der Waals surface area contributed by atoms with Crippen LogP contribution in [0, 0.1) is 11.3 Å². The third-order valence-electron chi connectivity index (χ3n) is 4.30. The first kappa shape index (κ1) is 25.7. The summed E-state index contributed by atoms with van der Waals surface area (Å²) in [5.41, 5.74) is -2.57. The standard InChI is InChI=1S/C20H11F9N4O2/c21-18(22,23)10-33(13-4-1-12(8-30)15(7-13)19(24,25)26)9-16-31-17(32-35-16)11-2-5-14(6-3-11)34-20(27,28)29/h1-7H,9-10H2. The van der Waals surface area contributed by atoms with Crippen LogP contribution in [0.1, 0.15) is 17.0 Å². The second-order valence-corrected chi connectivity index (χ2v) is 6.89. The maximum atomic E-state index is 13.2. The summed E-state index contributed by atoms with van der Waals surface area (Å²) < 4.78 is 124. The molecule has 0 atom stereocenters. The molecule has 0 bridgehead atoms. The molecule has 2 aromatic carbocycles. The molecule has 186 valence electrons. The van der Waals surface area contributed by atoms with E-state index in [0.29, 0.717) is 11.0 Å². The minimum Gasteiger partial charge on any atom is -0.406 e. The highest BCUT2D eigenvalue weighted by Crippen LogP contribution is 2.35. The lowest BCUT2D eigenvalue weighted by atomic mass is 10.1. The highest BCUT2D eigenvalue weighted by atomic mass is 19.4. The number of hydrogen-bond donors (Lipinski definition) is 0. The van der Waals surface area contributed by atoms with Crippen LogP contribution in [-0.2, 0) is 12.7 Å². The van der Waals surface area contributed by atoms with Crippen LogP contribution in [-0.4, -0.2) is 29.2 Å². The molecule has 0 saturated carbocycles. The lowest BCUT2D eigenvalue weighted by Gasteiger charge is -2.25. The van der Waals surface area contributed by atoms with Crippen LogP contribution in [0.2, 0.25) is 0 Å². The van der Waals surface area contributed by atoms with Crippen molar-refractivity contribution in [2.24, 2.45) is 0 Å². The molecular weight excluding hydrogens is 499 g/mol. The van der Waals surface area contributed by atoms with Gasteiger partial charge in [-0.2, -0.15) is 36.6 Å². The van der Waals surface area contributed by atoms with Crippen molar-refractivity contribution in [3.63, 3.8) is 0 Å². The van der Waals surface area contributed by atoms with Gasteiger partial charge in [0.2, 0.25) is 11.7 Å². The number of benzene rings is 2. The lowest BCUT2D eigenvalue weighted by molar-refractivity contribution is -0.274. The van der Waals surface area contributed by atoms with Gasteiger partial charge in [-0.1, -0.05) is 5.16 Å². The minimum absolute atomic E-state index is 0.134. The topological polar surface area (TPSA) is 75.2 Å². The van der Waals surface area contributed by atoms with Gasteiger partial charge in [0.1, 0.15) is 12.3 Å². The maximum absolute atomic E-state index is 13.2. The molecule has 3 aromatic rings. The monoisotopic (exact) mass is 510 g/mol. The van der Waals surface area contributed by atoms with E-state index in [2.05, 4.69) is 14.9 Å². The van der Waals surface area contributed by atoms with Crippen molar-refractivity contribution in [1.29, 1.82) is 5.26 Å². The van der Waals surface area contributed by atoms with Gasteiger partial charge in [-0.3, -0.25) is 0 Å². The Morgan fingerprint density at radius 2 is 1.60 bits per heavy atom. The molecule has 0 N–H and O–H groups in total. The van der Waals surface area contributed by atoms with Crippen LogP contribution >= 0.6 is 0 Å². The zero-order chi connectivity index (χ0) is 26.0. The first-order valence-electron chi connectivity index (χ1n) is 9.26. The second kappa shape index (κ2) is 9.35.